The highest BCUT2D eigenvalue weighted by atomic mass is 16.5. The van der Waals surface area contributed by atoms with Crippen molar-refractivity contribution in [3.05, 3.63) is 58.5 Å². The zero-order valence-corrected chi connectivity index (χ0v) is 16.5. The maximum Gasteiger partial charge on any atom is 0.278 e. The van der Waals surface area contributed by atoms with Gasteiger partial charge in [-0.15, -0.1) is 5.10 Å². The molecule has 10 heteroatoms. The Labute approximate surface area is 172 Å². The van der Waals surface area contributed by atoms with Crippen LogP contribution in [-0.2, 0) is 6.54 Å². The minimum atomic E-state index is -0.478. The first-order chi connectivity index (χ1) is 14.7. The molecule has 0 radical (unpaired) electrons. The van der Waals surface area contributed by atoms with E-state index in [0.717, 1.165) is 25.9 Å². The molecule has 0 saturated carbocycles. The molecule has 0 atom stereocenters. The number of aromatic amines is 1. The van der Waals surface area contributed by atoms with Crippen molar-refractivity contribution >= 4 is 17.8 Å². The molecule has 1 amide bonds. The van der Waals surface area contributed by atoms with E-state index in [4.69, 9.17) is 4.74 Å². The number of nitrogens with zero attached hydrogens (tertiary/aromatic N) is 5. The molecule has 0 unspecified atom stereocenters. The van der Waals surface area contributed by atoms with Gasteiger partial charge in [-0.05, 0) is 37.5 Å². The number of amides is 1. The number of hydrogen-bond donors (Lipinski definition) is 2. The number of H-pyrrole nitrogens is 1. The summed E-state index contributed by atoms with van der Waals surface area (Å²) >= 11 is 0. The Balaban J connectivity index is 1.37. The topological polar surface area (TPSA) is 118 Å². The van der Waals surface area contributed by atoms with Crippen LogP contribution in [0.2, 0.25) is 0 Å². The van der Waals surface area contributed by atoms with E-state index in [9.17, 15) is 9.59 Å². The molecule has 0 spiro atoms. The Morgan fingerprint density at radius 2 is 1.90 bits per heavy atom. The van der Waals surface area contributed by atoms with Crippen molar-refractivity contribution in [3.63, 3.8) is 0 Å². The zero-order chi connectivity index (χ0) is 20.8. The third kappa shape index (κ3) is 4.83. The summed E-state index contributed by atoms with van der Waals surface area (Å²) in [6.07, 6.45) is 3.42. The van der Waals surface area contributed by atoms with Crippen molar-refractivity contribution in [2.45, 2.75) is 25.8 Å². The second-order valence-electron chi connectivity index (χ2n) is 6.93. The van der Waals surface area contributed by atoms with Crippen LogP contribution in [0, 0.1) is 0 Å². The average molecular weight is 409 g/mol. The first-order valence-corrected chi connectivity index (χ1v) is 9.94. The number of para-hydroxylation sites is 1. The van der Waals surface area contributed by atoms with Gasteiger partial charge >= 0.3 is 0 Å². The number of carbonyl (C=O) groups excluding carboxylic acids is 1. The van der Waals surface area contributed by atoms with E-state index < -0.39 is 5.91 Å². The zero-order valence-electron chi connectivity index (χ0n) is 16.5. The lowest BCUT2D eigenvalue weighted by Crippen LogP contribution is -2.30. The molecule has 10 nitrogen and oxygen atoms in total. The van der Waals surface area contributed by atoms with Gasteiger partial charge in [0.1, 0.15) is 18.1 Å². The predicted octanol–water partition coefficient (Wildman–Crippen LogP) is 1.68. The summed E-state index contributed by atoms with van der Waals surface area (Å²) in [5, 5.41) is 13.7. The van der Waals surface area contributed by atoms with E-state index in [-0.39, 0.29) is 30.4 Å². The Bertz CT molecular complexity index is 1040. The number of carbonyl (C=O) groups is 1. The molecule has 0 bridgehead atoms. The number of benzene rings is 1. The summed E-state index contributed by atoms with van der Waals surface area (Å²) in [5.74, 6) is 1.04. The van der Waals surface area contributed by atoms with Gasteiger partial charge in [0.15, 0.2) is 0 Å². The summed E-state index contributed by atoms with van der Waals surface area (Å²) in [7, 11) is 0. The molecule has 156 valence electrons. The van der Waals surface area contributed by atoms with Gasteiger partial charge in [0.2, 0.25) is 11.9 Å². The Hall–Kier alpha value is -3.69. The molecule has 2 N–H and O–H groups in total. The average Bonchev–Trinajstić information content (AvgIpc) is 3.25. The lowest BCUT2D eigenvalue weighted by molar-refractivity contribution is 0.101. The third-order valence-electron chi connectivity index (χ3n) is 4.76. The van der Waals surface area contributed by atoms with Gasteiger partial charge in [0.25, 0.3) is 11.5 Å². The van der Waals surface area contributed by atoms with Crippen LogP contribution in [0.15, 0.2) is 47.3 Å². The van der Waals surface area contributed by atoms with Gasteiger partial charge in [0, 0.05) is 19.2 Å². The molecular weight excluding hydrogens is 386 g/mol. The monoisotopic (exact) mass is 409 g/mol. The van der Waals surface area contributed by atoms with Gasteiger partial charge in [-0.1, -0.05) is 18.2 Å². The molecule has 3 aromatic rings. The molecule has 1 aromatic carbocycles. The summed E-state index contributed by atoms with van der Waals surface area (Å²) in [6.45, 7) is 2.28. The van der Waals surface area contributed by atoms with Crippen LogP contribution in [0.5, 0.6) is 5.75 Å². The van der Waals surface area contributed by atoms with Crippen LogP contribution in [-0.4, -0.2) is 50.6 Å². The number of ether oxygens (including phenoxy) is 1. The second-order valence-corrected chi connectivity index (χ2v) is 6.93. The standard InChI is InChI=1S/C20H23N7O3/c28-17-10-9-16(25-27(17)13-14-30-15-7-3-1-4-8-15)18(29)21-19-22-20(24-23-19)26-11-5-2-6-12-26/h1,3-4,7-10H,2,5-6,11-14H2,(H2,21,22,23,24,29). The maximum atomic E-state index is 12.5. The van der Waals surface area contributed by atoms with Crippen LogP contribution in [0.1, 0.15) is 29.8 Å². The van der Waals surface area contributed by atoms with Crippen LogP contribution in [0.3, 0.4) is 0 Å². The number of rotatable bonds is 7. The third-order valence-corrected chi connectivity index (χ3v) is 4.76. The molecule has 3 heterocycles. The van der Waals surface area contributed by atoms with E-state index in [2.05, 4.69) is 30.5 Å². The lowest BCUT2D eigenvalue weighted by Gasteiger charge is -2.24. The van der Waals surface area contributed by atoms with Crippen LogP contribution < -0.4 is 20.5 Å². The smallest absolute Gasteiger partial charge is 0.278 e. The number of nitrogens with one attached hydrogen (secondary N) is 2. The number of hydrogen-bond acceptors (Lipinski definition) is 7. The fraction of sp³-hybridized carbons (Fsp3) is 0.350. The first-order valence-electron chi connectivity index (χ1n) is 9.94. The molecule has 1 aliphatic rings. The molecule has 1 saturated heterocycles. The van der Waals surface area contributed by atoms with Crippen molar-refractivity contribution in [1.29, 1.82) is 0 Å². The van der Waals surface area contributed by atoms with Crippen LogP contribution >= 0.6 is 0 Å². The van der Waals surface area contributed by atoms with Gasteiger partial charge in [-0.25, -0.2) is 9.78 Å². The minimum absolute atomic E-state index is 0.102. The summed E-state index contributed by atoms with van der Waals surface area (Å²) < 4.78 is 6.80. The molecule has 0 aliphatic carbocycles. The molecule has 1 aliphatic heterocycles. The van der Waals surface area contributed by atoms with E-state index in [1.54, 1.807) is 0 Å². The largest absolute Gasteiger partial charge is 0.492 e. The molecular formula is C20H23N7O3. The summed E-state index contributed by atoms with van der Waals surface area (Å²) in [5.41, 5.74) is -0.208. The fourth-order valence-corrected chi connectivity index (χ4v) is 3.21. The second kappa shape index (κ2) is 9.21. The molecule has 30 heavy (non-hydrogen) atoms. The maximum absolute atomic E-state index is 12.5. The minimum Gasteiger partial charge on any atom is -0.492 e. The van der Waals surface area contributed by atoms with Crippen LogP contribution in [0.25, 0.3) is 0 Å². The predicted molar refractivity (Wildman–Crippen MR) is 111 cm³/mol. The van der Waals surface area contributed by atoms with Crippen molar-refractivity contribution in [2.24, 2.45) is 0 Å². The Morgan fingerprint density at radius 1 is 1.10 bits per heavy atom. The fourth-order valence-electron chi connectivity index (χ4n) is 3.21. The number of piperidine rings is 1. The highest BCUT2D eigenvalue weighted by Crippen LogP contribution is 2.16. The first kappa shape index (κ1) is 19.6. The Morgan fingerprint density at radius 3 is 2.70 bits per heavy atom. The lowest BCUT2D eigenvalue weighted by atomic mass is 10.1. The van der Waals surface area contributed by atoms with Gasteiger partial charge in [-0.3, -0.25) is 14.9 Å². The summed E-state index contributed by atoms with van der Waals surface area (Å²) in [6, 6.07) is 12.0. The molecule has 4 rings (SSSR count). The highest BCUT2D eigenvalue weighted by molar-refractivity contribution is 6.01. The van der Waals surface area contributed by atoms with Crippen molar-refractivity contribution in [2.75, 3.05) is 29.9 Å². The highest BCUT2D eigenvalue weighted by Gasteiger charge is 2.17. The van der Waals surface area contributed by atoms with E-state index in [1.807, 2.05) is 30.3 Å². The quantitative estimate of drug-likeness (QED) is 0.609. The van der Waals surface area contributed by atoms with E-state index >= 15 is 0 Å². The van der Waals surface area contributed by atoms with Crippen molar-refractivity contribution in [1.82, 2.24) is 25.0 Å². The van der Waals surface area contributed by atoms with Crippen molar-refractivity contribution in [3.8, 4) is 5.75 Å². The van der Waals surface area contributed by atoms with Crippen LogP contribution in [0.4, 0.5) is 11.9 Å². The summed E-state index contributed by atoms with van der Waals surface area (Å²) in [4.78, 5) is 31.0. The normalized spacial score (nSPS) is 13.8. The van der Waals surface area contributed by atoms with Gasteiger partial charge < -0.3 is 9.64 Å². The van der Waals surface area contributed by atoms with Gasteiger partial charge in [-0.2, -0.15) is 10.1 Å². The van der Waals surface area contributed by atoms with E-state index in [0.29, 0.717) is 11.7 Å². The van der Waals surface area contributed by atoms with Crippen molar-refractivity contribution < 1.29 is 9.53 Å². The van der Waals surface area contributed by atoms with E-state index in [1.165, 1.54) is 23.2 Å². The SMILES string of the molecule is O=C(Nc1nc(N2CCCCC2)n[nH]1)c1ccc(=O)n(CCOc2ccccc2)n1. The molecule has 1 fully saturated rings. The van der Waals surface area contributed by atoms with Gasteiger partial charge in [0.05, 0.1) is 6.54 Å². The number of anilines is 2. The Kier molecular flexibility index (Phi) is 6.02. The molecule has 2 aromatic heterocycles. The number of aromatic nitrogens is 5.